The fourth-order valence-corrected chi connectivity index (χ4v) is 10.7. The van der Waals surface area contributed by atoms with Crippen molar-refractivity contribution in [1.82, 2.24) is 0 Å². The highest BCUT2D eigenvalue weighted by Crippen LogP contribution is 2.38. The summed E-state index contributed by atoms with van der Waals surface area (Å²) in [5.74, 6) is -6.94. The van der Waals surface area contributed by atoms with Crippen molar-refractivity contribution in [2.24, 2.45) is 11.8 Å². The molecule has 20 nitrogen and oxygen atoms in total. The molecule has 0 saturated carbocycles. The van der Waals surface area contributed by atoms with Crippen molar-refractivity contribution in [2.45, 2.75) is 107 Å². The van der Waals surface area contributed by atoms with Crippen molar-refractivity contribution >= 4 is 41.8 Å². The fraction of sp³-hybridized carbons (Fsp3) is 0.300. The molecule has 10 rings (SSSR count). The summed E-state index contributed by atoms with van der Waals surface area (Å²) in [6, 6.07) is 55.1. The van der Waals surface area contributed by atoms with Crippen LogP contribution in [0.15, 0.2) is 212 Å². The van der Waals surface area contributed by atoms with Gasteiger partial charge in [0.25, 0.3) is 0 Å². The van der Waals surface area contributed by atoms with E-state index in [1.807, 2.05) is 20.8 Å². The van der Waals surface area contributed by atoms with Crippen LogP contribution in [0.1, 0.15) is 99.7 Å². The van der Waals surface area contributed by atoms with Gasteiger partial charge in [0.2, 0.25) is 0 Å². The number of carbonyl (C=O) groups excluding carboxylic acids is 7. The molecule has 0 radical (unpaired) electrons. The molecule has 3 aliphatic rings. The highest BCUT2D eigenvalue weighted by Gasteiger charge is 2.57. The molecule has 0 spiro atoms. The van der Waals surface area contributed by atoms with Gasteiger partial charge in [-0.2, -0.15) is 0 Å². The van der Waals surface area contributed by atoms with Gasteiger partial charge in [-0.3, -0.25) is 0 Å². The topological polar surface area (TPSA) is 250 Å². The van der Waals surface area contributed by atoms with E-state index < -0.39 is 135 Å². The Morgan fingerprint density at radius 2 is 0.556 bits per heavy atom. The second kappa shape index (κ2) is 30.2. The summed E-state index contributed by atoms with van der Waals surface area (Å²) >= 11 is 0. The quantitative estimate of drug-likeness (QED) is 0.0519. The van der Waals surface area contributed by atoms with Gasteiger partial charge in [-0.25, -0.2) is 33.6 Å². The monoisotopic (exact) mass is 1230 g/mol. The third-order valence-corrected chi connectivity index (χ3v) is 15.7. The SMILES string of the molecule is CC[C@H]1O[C@@H](OC[C@H]2O[C@@H](OC[C@H]3OC(O)[C@H](OC(=O)c4ccccc4)[C@@H](OC(=O)c4ccccc4)[C@@H]3OC(=O)c3ccccc3)[C@H](OC(=O)c3ccccc3)[C@@H](OC(=O)c3ccccc3)[C@@H]2OC(=O)c2ccccc2)[C@H](OC(=O)c2ccccc2)[C@@H](C)[C@@H]1C. The van der Waals surface area contributed by atoms with Crippen LogP contribution in [-0.2, 0) is 56.8 Å². The minimum Gasteiger partial charge on any atom is -0.453 e. The molecule has 3 aliphatic heterocycles. The van der Waals surface area contributed by atoms with Gasteiger partial charge in [0.1, 0.15) is 12.2 Å². The van der Waals surface area contributed by atoms with Gasteiger partial charge >= 0.3 is 41.8 Å². The first-order valence-electron chi connectivity index (χ1n) is 29.4. The second-order valence-electron chi connectivity index (χ2n) is 21.6. The number of aliphatic hydroxyl groups excluding tert-OH is 1. The Labute approximate surface area is 518 Å². The Balaban J connectivity index is 1.06. The van der Waals surface area contributed by atoms with E-state index in [0.29, 0.717) is 6.42 Å². The molecule has 7 aromatic rings. The molecule has 0 aromatic heterocycles. The molecule has 3 heterocycles. The summed E-state index contributed by atoms with van der Waals surface area (Å²) in [4.78, 5) is 99.8. The van der Waals surface area contributed by atoms with Gasteiger partial charge in [-0.05, 0) is 97.3 Å². The Hall–Kier alpha value is -9.41. The van der Waals surface area contributed by atoms with Gasteiger partial charge in [-0.15, -0.1) is 0 Å². The van der Waals surface area contributed by atoms with Gasteiger partial charge in [0.05, 0.1) is 58.3 Å². The van der Waals surface area contributed by atoms with Crippen LogP contribution in [0.2, 0.25) is 0 Å². The third-order valence-electron chi connectivity index (χ3n) is 15.7. The van der Waals surface area contributed by atoms with E-state index >= 15 is 0 Å². The molecule has 0 aliphatic carbocycles. The highest BCUT2D eigenvalue weighted by molar-refractivity contribution is 5.93. The minimum absolute atomic E-state index is 0.0258. The minimum atomic E-state index is -2.13. The zero-order valence-electron chi connectivity index (χ0n) is 49.2. The van der Waals surface area contributed by atoms with Gasteiger partial charge in [0, 0.05) is 5.92 Å². The summed E-state index contributed by atoms with van der Waals surface area (Å²) in [6.45, 7) is 4.41. The van der Waals surface area contributed by atoms with Crippen LogP contribution >= 0.6 is 0 Å². The van der Waals surface area contributed by atoms with Crippen LogP contribution in [0.5, 0.6) is 0 Å². The first-order valence-corrected chi connectivity index (χ1v) is 29.4. The predicted octanol–water partition coefficient (Wildman–Crippen LogP) is 9.45. The van der Waals surface area contributed by atoms with Crippen molar-refractivity contribution in [3.05, 3.63) is 251 Å². The number of hydrogen-bond acceptors (Lipinski definition) is 20. The number of esters is 7. The summed E-state index contributed by atoms with van der Waals surface area (Å²) < 4.78 is 76.4. The molecule has 466 valence electrons. The molecule has 1 unspecified atom stereocenters. The van der Waals surface area contributed by atoms with E-state index in [-0.39, 0.29) is 50.8 Å². The molecule has 20 heteroatoms. The largest absolute Gasteiger partial charge is 0.453 e. The van der Waals surface area contributed by atoms with Crippen molar-refractivity contribution in [2.75, 3.05) is 13.2 Å². The molecule has 0 amide bonds. The number of aliphatic hydroxyl groups is 1. The predicted molar refractivity (Wildman–Crippen MR) is 318 cm³/mol. The molecular weight excluding hydrogens is 1160 g/mol. The number of rotatable bonds is 21. The molecule has 1 N–H and O–H groups in total. The number of carbonyl (C=O) groups is 7. The van der Waals surface area contributed by atoms with E-state index in [4.69, 9.17) is 56.8 Å². The van der Waals surface area contributed by atoms with Crippen molar-refractivity contribution < 1.29 is 95.5 Å². The lowest BCUT2D eigenvalue weighted by atomic mass is 9.82. The standard InChI is InChI=1S/C70H66O20/c1-4-51-42(2)43(3)54(84-61(71)44-26-12-5-13-27-44)69(82-51)79-41-53-56(86-63(73)46-30-16-7-17-31-46)58(88-65(75)48-34-20-9-21-35-48)60(90-67(77)50-38-24-11-25-39-50)70(83-53)80-40-52-55(85-62(72)45-28-14-6-15-29-45)57(87-64(74)47-32-18-8-19-33-47)59(68(78)81-52)89-66(76)49-36-22-10-23-37-49/h5-39,42-43,51-60,68-70,78H,4,40-41H2,1-3H3/t42-,43-,51+,52+,53+,54+,55+,56+,57-,58-,59+,60+,68?,69+,70+/m0/s1. The smallest absolute Gasteiger partial charge is 0.338 e. The average Bonchev–Trinajstić information content (AvgIpc) is 1.05. The number of hydrogen-bond donors (Lipinski definition) is 1. The van der Waals surface area contributed by atoms with Crippen molar-refractivity contribution in [3.63, 3.8) is 0 Å². The lowest BCUT2D eigenvalue weighted by Crippen LogP contribution is -2.65. The number of benzene rings is 7. The van der Waals surface area contributed by atoms with Crippen molar-refractivity contribution in [3.8, 4) is 0 Å². The van der Waals surface area contributed by atoms with Crippen LogP contribution in [0, 0.1) is 11.8 Å². The molecule has 3 saturated heterocycles. The van der Waals surface area contributed by atoms with Crippen LogP contribution in [-0.4, -0.2) is 140 Å². The summed E-state index contributed by atoms with van der Waals surface area (Å²) in [6.07, 6.45) is -20.5. The van der Waals surface area contributed by atoms with Crippen LogP contribution in [0.25, 0.3) is 0 Å². The van der Waals surface area contributed by atoms with Crippen molar-refractivity contribution in [1.29, 1.82) is 0 Å². The molecule has 3 fully saturated rings. The van der Waals surface area contributed by atoms with E-state index in [0.717, 1.165) is 0 Å². The normalized spacial score (nSPS) is 26.3. The van der Waals surface area contributed by atoms with Crippen LogP contribution in [0.4, 0.5) is 0 Å². The maximum atomic E-state index is 14.6. The molecular formula is C70H66O20. The third kappa shape index (κ3) is 15.5. The maximum Gasteiger partial charge on any atom is 0.338 e. The zero-order chi connectivity index (χ0) is 63.1. The summed E-state index contributed by atoms with van der Waals surface area (Å²) in [7, 11) is 0. The number of ether oxygens (including phenoxy) is 12. The first kappa shape index (κ1) is 63.6. The van der Waals surface area contributed by atoms with E-state index in [9.17, 15) is 38.7 Å². The van der Waals surface area contributed by atoms with Gasteiger partial charge in [0.15, 0.2) is 61.6 Å². The Morgan fingerprint density at radius 3 is 0.878 bits per heavy atom. The Kier molecular flexibility index (Phi) is 21.3. The van der Waals surface area contributed by atoms with E-state index in [2.05, 4.69) is 0 Å². The summed E-state index contributed by atoms with van der Waals surface area (Å²) in [5.41, 5.74) is 0.519. The summed E-state index contributed by atoms with van der Waals surface area (Å²) in [5, 5.41) is 12.0. The molecule has 0 bridgehead atoms. The second-order valence-corrected chi connectivity index (χ2v) is 21.6. The van der Waals surface area contributed by atoms with E-state index in [1.54, 1.807) is 140 Å². The van der Waals surface area contributed by atoms with Gasteiger partial charge in [-0.1, -0.05) is 148 Å². The van der Waals surface area contributed by atoms with Gasteiger partial charge < -0.3 is 61.9 Å². The zero-order valence-corrected chi connectivity index (χ0v) is 49.2. The lowest BCUT2D eigenvalue weighted by molar-refractivity contribution is -0.333. The first-order chi connectivity index (χ1) is 43.7. The molecule has 7 aromatic carbocycles. The Bertz CT molecular complexity index is 3510. The lowest BCUT2D eigenvalue weighted by Gasteiger charge is -2.47. The highest BCUT2D eigenvalue weighted by atomic mass is 16.8. The maximum absolute atomic E-state index is 14.6. The molecule has 15 atom stereocenters. The van der Waals surface area contributed by atoms with Crippen LogP contribution < -0.4 is 0 Å². The Morgan fingerprint density at radius 1 is 0.311 bits per heavy atom. The fourth-order valence-electron chi connectivity index (χ4n) is 10.7. The van der Waals surface area contributed by atoms with Crippen LogP contribution in [0.3, 0.4) is 0 Å². The molecule has 90 heavy (non-hydrogen) atoms. The average molecular weight is 1230 g/mol. The van der Waals surface area contributed by atoms with E-state index in [1.165, 1.54) is 72.8 Å².